The summed E-state index contributed by atoms with van der Waals surface area (Å²) in [5.41, 5.74) is 0.631. The van der Waals surface area contributed by atoms with E-state index >= 15 is 0 Å². The first-order valence-electron chi connectivity index (χ1n) is 9.58. The van der Waals surface area contributed by atoms with Crippen molar-refractivity contribution in [1.82, 2.24) is 10.2 Å². The van der Waals surface area contributed by atoms with Crippen LogP contribution in [0.2, 0.25) is 0 Å². The number of anilines is 1. The molecule has 0 saturated heterocycles. The van der Waals surface area contributed by atoms with Gasteiger partial charge in [-0.05, 0) is 49.9 Å². The van der Waals surface area contributed by atoms with Crippen LogP contribution in [0.3, 0.4) is 0 Å². The van der Waals surface area contributed by atoms with Crippen molar-refractivity contribution >= 4 is 23.4 Å². The number of nitrogens with zero attached hydrogens (tertiary/aromatic N) is 1. The summed E-state index contributed by atoms with van der Waals surface area (Å²) in [6, 6.07) is 7.14. The number of hydrogen-bond acceptors (Lipinski definition) is 4. The fourth-order valence-corrected chi connectivity index (χ4v) is 3.45. The average molecular weight is 373 g/mol. The molecule has 27 heavy (non-hydrogen) atoms. The maximum absolute atomic E-state index is 12.7. The third-order valence-electron chi connectivity index (χ3n) is 5.11. The molecule has 2 aliphatic rings. The van der Waals surface area contributed by atoms with E-state index in [9.17, 15) is 14.4 Å². The number of carbonyl (C=O) groups is 3. The Bertz CT molecular complexity index is 679. The molecule has 2 aliphatic carbocycles. The van der Waals surface area contributed by atoms with E-state index in [0.717, 1.165) is 38.5 Å². The molecule has 2 saturated carbocycles. The van der Waals surface area contributed by atoms with Crippen LogP contribution in [-0.2, 0) is 14.4 Å². The van der Waals surface area contributed by atoms with Crippen LogP contribution in [0.1, 0.15) is 38.5 Å². The van der Waals surface area contributed by atoms with Crippen LogP contribution in [0, 0.1) is 5.92 Å². The summed E-state index contributed by atoms with van der Waals surface area (Å²) in [7, 11) is 1.57. The zero-order chi connectivity index (χ0) is 19.2. The number of benzene rings is 1. The van der Waals surface area contributed by atoms with E-state index in [4.69, 9.17) is 4.74 Å². The zero-order valence-corrected chi connectivity index (χ0v) is 15.7. The number of hydrogen-bond donors (Lipinski definition) is 2. The summed E-state index contributed by atoms with van der Waals surface area (Å²) in [5, 5.41) is 5.33. The Labute approximate surface area is 159 Å². The Morgan fingerprint density at radius 3 is 2.30 bits per heavy atom. The maximum Gasteiger partial charge on any atom is 0.243 e. The number of carbonyl (C=O) groups excluding carboxylic acids is 3. The molecule has 0 atom stereocenters. The smallest absolute Gasteiger partial charge is 0.243 e. The van der Waals surface area contributed by atoms with Crippen molar-refractivity contribution in [3.05, 3.63) is 24.3 Å². The summed E-state index contributed by atoms with van der Waals surface area (Å²) in [6.45, 7) is -0.0865. The van der Waals surface area contributed by atoms with Gasteiger partial charge in [0, 0.05) is 17.6 Å². The van der Waals surface area contributed by atoms with Crippen molar-refractivity contribution in [3.8, 4) is 5.75 Å². The van der Waals surface area contributed by atoms with Crippen LogP contribution in [0.15, 0.2) is 24.3 Å². The molecule has 0 bridgehead atoms. The number of nitrogens with one attached hydrogen (secondary N) is 2. The SMILES string of the molecule is COc1ccc(NC(=O)CNC(=O)CN(C(=O)C2CCCC2)C2CC2)cc1. The van der Waals surface area contributed by atoms with Crippen molar-refractivity contribution in [2.45, 2.75) is 44.6 Å². The van der Waals surface area contributed by atoms with E-state index in [1.165, 1.54) is 0 Å². The van der Waals surface area contributed by atoms with Gasteiger partial charge < -0.3 is 20.3 Å². The van der Waals surface area contributed by atoms with Crippen LogP contribution in [0.25, 0.3) is 0 Å². The second-order valence-corrected chi connectivity index (χ2v) is 7.23. The van der Waals surface area contributed by atoms with Crippen molar-refractivity contribution in [3.63, 3.8) is 0 Å². The number of ether oxygens (including phenoxy) is 1. The fourth-order valence-electron chi connectivity index (χ4n) is 3.45. The molecule has 3 rings (SSSR count). The molecule has 0 spiro atoms. The molecule has 7 heteroatoms. The normalized spacial score (nSPS) is 16.6. The predicted octanol–water partition coefficient (Wildman–Crippen LogP) is 1.93. The van der Waals surface area contributed by atoms with Crippen LogP contribution < -0.4 is 15.4 Å². The number of methoxy groups -OCH3 is 1. The molecule has 1 aromatic carbocycles. The Hall–Kier alpha value is -2.57. The average Bonchev–Trinajstić information content (AvgIpc) is 3.37. The van der Waals surface area contributed by atoms with Crippen LogP contribution >= 0.6 is 0 Å². The lowest BCUT2D eigenvalue weighted by atomic mass is 10.1. The summed E-state index contributed by atoms with van der Waals surface area (Å²) in [6.07, 6.45) is 5.95. The zero-order valence-electron chi connectivity index (χ0n) is 15.7. The summed E-state index contributed by atoms with van der Waals surface area (Å²) >= 11 is 0. The third kappa shape index (κ3) is 5.45. The Balaban J connectivity index is 1.44. The second-order valence-electron chi connectivity index (χ2n) is 7.23. The molecule has 0 aliphatic heterocycles. The minimum atomic E-state index is -0.311. The molecule has 7 nitrogen and oxygen atoms in total. The highest BCUT2D eigenvalue weighted by atomic mass is 16.5. The molecule has 3 amide bonds. The van der Waals surface area contributed by atoms with Gasteiger partial charge in [-0.2, -0.15) is 0 Å². The van der Waals surface area contributed by atoms with Crippen molar-refractivity contribution in [1.29, 1.82) is 0 Å². The van der Waals surface area contributed by atoms with Crippen molar-refractivity contribution < 1.29 is 19.1 Å². The van der Waals surface area contributed by atoms with Gasteiger partial charge in [-0.1, -0.05) is 12.8 Å². The highest BCUT2D eigenvalue weighted by molar-refractivity contribution is 5.95. The summed E-state index contributed by atoms with van der Waals surface area (Å²) in [5.74, 6) is 0.268. The standard InChI is InChI=1S/C20H27N3O4/c1-27-17-10-6-15(7-11-17)22-18(24)12-21-19(25)13-23(16-8-9-16)20(26)14-4-2-3-5-14/h6-7,10-11,14,16H,2-5,8-9,12-13H2,1H3,(H,21,25)(H,22,24). The lowest BCUT2D eigenvalue weighted by Crippen LogP contribution is -2.45. The minimum Gasteiger partial charge on any atom is -0.497 e. The van der Waals surface area contributed by atoms with E-state index in [1.54, 1.807) is 36.3 Å². The third-order valence-corrected chi connectivity index (χ3v) is 5.11. The van der Waals surface area contributed by atoms with Crippen LogP contribution in [-0.4, -0.2) is 48.9 Å². The van der Waals surface area contributed by atoms with E-state index in [0.29, 0.717) is 11.4 Å². The molecule has 2 N–H and O–H groups in total. The molecule has 2 fully saturated rings. The van der Waals surface area contributed by atoms with Gasteiger partial charge in [0.15, 0.2) is 0 Å². The largest absolute Gasteiger partial charge is 0.497 e. The number of rotatable bonds is 8. The van der Waals surface area contributed by atoms with Gasteiger partial charge >= 0.3 is 0 Å². The van der Waals surface area contributed by atoms with Crippen LogP contribution in [0.4, 0.5) is 5.69 Å². The lowest BCUT2D eigenvalue weighted by Gasteiger charge is -2.25. The van der Waals surface area contributed by atoms with Crippen molar-refractivity contribution in [2.75, 3.05) is 25.5 Å². The first-order valence-corrected chi connectivity index (χ1v) is 9.58. The molecule has 1 aromatic rings. The van der Waals surface area contributed by atoms with Gasteiger partial charge in [-0.25, -0.2) is 0 Å². The Kier molecular flexibility index (Phi) is 6.32. The van der Waals surface area contributed by atoms with Crippen LogP contribution in [0.5, 0.6) is 5.75 Å². The summed E-state index contributed by atoms with van der Waals surface area (Å²) < 4.78 is 5.07. The highest BCUT2D eigenvalue weighted by Gasteiger charge is 2.37. The molecular formula is C20H27N3O4. The van der Waals surface area contributed by atoms with Gasteiger partial charge in [0.1, 0.15) is 5.75 Å². The van der Waals surface area contributed by atoms with E-state index in [2.05, 4.69) is 10.6 Å². The first-order chi connectivity index (χ1) is 13.1. The highest BCUT2D eigenvalue weighted by Crippen LogP contribution is 2.32. The first kappa shape index (κ1) is 19.2. The Morgan fingerprint density at radius 1 is 1.04 bits per heavy atom. The van der Waals surface area contributed by atoms with Gasteiger partial charge in [-0.3, -0.25) is 14.4 Å². The van der Waals surface area contributed by atoms with E-state index in [-0.39, 0.29) is 42.8 Å². The van der Waals surface area contributed by atoms with E-state index < -0.39 is 0 Å². The summed E-state index contributed by atoms with van der Waals surface area (Å²) in [4.78, 5) is 38.6. The lowest BCUT2D eigenvalue weighted by molar-refractivity contribution is -0.140. The van der Waals surface area contributed by atoms with Gasteiger partial charge in [-0.15, -0.1) is 0 Å². The quantitative estimate of drug-likeness (QED) is 0.729. The van der Waals surface area contributed by atoms with Gasteiger partial charge in [0.25, 0.3) is 0 Å². The van der Waals surface area contributed by atoms with Crippen molar-refractivity contribution in [2.24, 2.45) is 5.92 Å². The topological polar surface area (TPSA) is 87.7 Å². The Morgan fingerprint density at radius 2 is 1.70 bits per heavy atom. The molecule has 146 valence electrons. The molecule has 0 aromatic heterocycles. The van der Waals surface area contributed by atoms with Gasteiger partial charge in [0.05, 0.1) is 20.2 Å². The monoisotopic (exact) mass is 373 g/mol. The van der Waals surface area contributed by atoms with E-state index in [1.807, 2.05) is 0 Å². The minimum absolute atomic E-state index is 0.0375. The van der Waals surface area contributed by atoms with Gasteiger partial charge in [0.2, 0.25) is 17.7 Å². The molecular weight excluding hydrogens is 346 g/mol. The number of amides is 3. The maximum atomic E-state index is 12.7. The molecule has 0 unspecified atom stereocenters. The fraction of sp³-hybridized carbons (Fsp3) is 0.550. The molecule has 0 radical (unpaired) electrons. The predicted molar refractivity (Wildman–Crippen MR) is 101 cm³/mol. The molecule has 0 heterocycles. The second kappa shape index (κ2) is 8.88.